The number of carboxylic acids is 1. The first-order chi connectivity index (χ1) is 12.4. The van der Waals surface area contributed by atoms with Crippen molar-refractivity contribution in [3.63, 3.8) is 0 Å². The maximum absolute atomic E-state index is 12.3. The van der Waals surface area contributed by atoms with Gasteiger partial charge in [-0.2, -0.15) is 0 Å². The van der Waals surface area contributed by atoms with E-state index < -0.39 is 60.6 Å². The van der Waals surface area contributed by atoms with E-state index in [0.717, 1.165) is 0 Å². The van der Waals surface area contributed by atoms with Gasteiger partial charge in [-0.05, 0) is 26.2 Å². The second-order valence-electron chi connectivity index (χ2n) is 6.77. The van der Waals surface area contributed by atoms with E-state index in [1.54, 1.807) is 13.8 Å². The van der Waals surface area contributed by atoms with Crippen molar-refractivity contribution < 1.29 is 34.5 Å². The largest absolute Gasteiger partial charge is 0.480 e. The lowest BCUT2D eigenvalue weighted by Crippen LogP contribution is -2.57. The van der Waals surface area contributed by atoms with Crippen LogP contribution in [0.5, 0.6) is 0 Å². The first kappa shape index (κ1) is 24.8. The number of nitrogens with two attached hydrogens (primary N) is 1. The summed E-state index contributed by atoms with van der Waals surface area (Å²) in [7, 11) is 0. The number of carbonyl (C=O) groups is 4. The number of aliphatic hydroxyl groups is 2. The van der Waals surface area contributed by atoms with Gasteiger partial charge in [-0.1, -0.05) is 13.8 Å². The number of carbonyl (C=O) groups excluding carboxylic acids is 3. The number of aliphatic carboxylic acids is 1. The molecular weight excluding hydrogens is 360 g/mol. The second-order valence-corrected chi connectivity index (χ2v) is 6.77. The van der Waals surface area contributed by atoms with Gasteiger partial charge in [0.05, 0.1) is 12.7 Å². The van der Waals surface area contributed by atoms with Gasteiger partial charge in [-0.15, -0.1) is 0 Å². The molecule has 0 saturated heterocycles. The van der Waals surface area contributed by atoms with Gasteiger partial charge in [-0.3, -0.25) is 14.4 Å². The van der Waals surface area contributed by atoms with Crippen molar-refractivity contribution in [3.05, 3.63) is 0 Å². The second kappa shape index (κ2) is 11.5. The van der Waals surface area contributed by atoms with Gasteiger partial charge >= 0.3 is 5.97 Å². The summed E-state index contributed by atoms with van der Waals surface area (Å²) >= 11 is 0. The number of carboxylic acid groups (broad SMARTS) is 1. The highest BCUT2D eigenvalue weighted by atomic mass is 16.4. The zero-order valence-corrected chi connectivity index (χ0v) is 15.9. The predicted octanol–water partition coefficient (Wildman–Crippen LogP) is -2.71. The fourth-order valence-electron chi connectivity index (χ4n) is 2.05. The Hall–Kier alpha value is -2.24. The van der Waals surface area contributed by atoms with E-state index >= 15 is 0 Å². The Bertz CT molecular complexity index is 539. The van der Waals surface area contributed by atoms with Crippen LogP contribution in [0.15, 0.2) is 0 Å². The van der Waals surface area contributed by atoms with Crippen LogP contribution < -0.4 is 21.7 Å². The summed E-state index contributed by atoms with van der Waals surface area (Å²) in [5.41, 5.74) is 5.49. The molecule has 0 aliphatic heterocycles. The Morgan fingerprint density at radius 1 is 0.889 bits per heavy atom. The molecule has 0 bridgehead atoms. The van der Waals surface area contributed by atoms with E-state index in [1.165, 1.54) is 13.8 Å². The Balaban J connectivity index is 5.01. The molecule has 156 valence electrons. The Morgan fingerprint density at radius 2 is 1.41 bits per heavy atom. The maximum Gasteiger partial charge on any atom is 0.328 e. The molecule has 0 radical (unpaired) electrons. The molecule has 0 aromatic carbocycles. The molecule has 0 heterocycles. The molecule has 3 amide bonds. The van der Waals surface area contributed by atoms with Crippen molar-refractivity contribution in [3.8, 4) is 0 Å². The Labute approximate surface area is 157 Å². The highest BCUT2D eigenvalue weighted by Crippen LogP contribution is 2.06. The monoisotopic (exact) mass is 390 g/mol. The number of nitrogens with one attached hydrogen (secondary N) is 3. The first-order valence-corrected chi connectivity index (χ1v) is 8.59. The molecule has 0 spiro atoms. The van der Waals surface area contributed by atoms with E-state index in [-0.39, 0.29) is 12.3 Å². The molecule has 8 N–H and O–H groups in total. The smallest absolute Gasteiger partial charge is 0.328 e. The fourth-order valence-corrected chi connectivity index (χ4v) is 2.05. The predicted molar refractivity (Wildman–Crippen MR) is 95.3 cm³/mol. The molecule has 5 atom stereocenters. The third-order valence-corrected chi connectivity index (χ3v) is 3.71. The summed E-state index contributed by atoms with van der Waals surface area (Å²) in [6.07, 6.45) is -0.894. The van der Waals surface area contributed by atoms with Crippen LogP contribution in [0.3, 0.4) is 0 Å². The minimum absolute atomic E-state index is 0.00740. The molecule has 11 heteroatoms. The van der Waals surface area contributed by atoms with Crippen LogP contribution >= 0.6 is 0 Å². The Morgan fingerprint density at radius 3 is 1.81 bits per heavy atom. The van der Waals surface area contributed by atoms with Crippen LogP contribution in [-0.2, 0) is 19.2 Å². The van der Waals surface area contributed by atoms with Gasteiger partial charge in [0.1, 0.15) is 24.2 Å². The average Bonchev–Trinajstić information content (AvgIpc) is 2.56. The summed E-state index contributed by atoms with van der Waals surface area (Å²) in [6.45, 7) is 5.52. The molecule has 0 rings (SSSR count). The lowest BCUT2D eigenvalue weighted by Gasteiger charge is -2.24. The van der Waals surface area contributed by atoms with Gasteiger partial charge in [0.15, 0.2) is 0 Å². The van der Waals surface area contributed by atoms with Crippen LogP contribution in [-0.4, -0.2) is 75.9 Å². The maximum atomic E-state index is 12.3. The SMILES string of the molecule is CC(C)CC(NC(=O)C(C)NC(=O)C(N)C(C)O)C(=O)NC(CO)C(=O)O. The number of hydrogen-bond donors (Lipinski definition) is 7. The van der Waals surface area contributed by atoms with Crippen molar-refractivity contribution >= 4 is 23.7 Å². The molecule has 0 aromatic rings. The van der Waals surface area contributed by atoms with E-state index in [0.29, 0.717) is 0 Å². The molecule has 0 fully saturated rings. The van der Waals surface area contributed by atoms with E-state index in [4.69, 9.17) is 15.9 Å². The third-order valence-electron chi connectivity index (χ3n) is 3.71. The van der Waals surface area contributed by atoms with Crippen LogP contribution in [0.4, 0.5) is 0 Å². The number of aliphatic hydroxyl groups excluding tert-OH is 2. The molecule has 0 aliphatic carbocycles. The lowest BCUT2D eigenvalue weighted by atomic mass is 10.0. The number of amides is 3. The Kier molecular flexibility index (Phi) is 10.5. The van der Waals surface area contributed by atoms with E-state index in [2.05, 4.69) is 16.0 Å². The van der Waals surface area contributed by atoms with Gasteiger partial charge in [0.25, 0.3) is 0 Å². The minimum Gasteiger partial charge on any atom is -0.480 e. The molecule has 11 nitrogen and oxygen atoms in total. The average molecular weight is 390 g/mol. The standard InChI is InChI=1S/C16H30N4O7/c1-7(2)5-10(14(24)20-11(6-21)16(26)27)19-13(23)8(3)18-15(25)12(17)9(4)22/h7-12,21-22H,5-6,17H2,1-4H3,(H,18,25)(H,19,23)(H,20,24)(H,26,27). The normalized spacial score (nSPS) is 16.6. The van der Waals surface area contributed by atoms with Crippen LogP contribution in [0.2, 0.25) is 0 Å². The van der Waals surface area contributed by atoms with Crippen LogP contribution in [0, 0.1) is 5.92 Å². The van der Waals surface area contributed by atoms with E-state index in [1.807, 2.05) is 0 Å². The minimum atomic E-state index is -1.50. The van der Waals surface area contributed by atoms with Crippen molar-refractivity contribution in [1.29, 1.82) is 0 Å². The van der Waals surface area contributed by atoms with Gasteiger partial charge in [-0.25, -0.2) is 4.79 Å². The summed E-state index contributed by atoms with van der Waals surface area (Å²) in [6, 6.07) is -4.81. The van der Waals surface area contributed by atoms with Crippen molar-refractivity contribution in [1.82, 2.24) is 16.0 Å². The highest BCUT2D eigenvalue weighted by Gasteiger charge is 2.29. The highest BCUT2D eigenvalue weighted by molar-refractivity contribution is 5.94. The molecular formula is C16H30N4O7. The lowest BCUT2D eigenvalue weighted by molar-refractivity contribution is -0.143. The van der Waals surface area contributed by atoms with Gasteiger partial charge in [0.2, 0.25) is 17.7 Å². The zero-order valence-electron chi connectivity index (χ0n) is 15.9. The van der Waals surface area contributed by atoms with Crippen LogP contribution in [0.25, 0.3) is 0 Å². The summed E-state index contributed by atoms with van der Waals surface area (Å²) in [5, 5.41) is 34.1. The number of rotatable bonds is 11. The fraction of sp³-hybridized carbons (Fsp3) is 0.750. The van der Waals surface area contributed by atoms with Crippen molar-refractivity contribution in [2.75, 3.05) is 6.61 Å². The van der Waals surface area contributed by atoms with Gasteiger partial charge in [0, 0.05) is 0 Å². The van der Waals surface area contributed by atoms with Gasteiger partial charge < -0.3 is 37.0 Å². The first-order valence-electron chi connectivity index (χ1n) is 8.59. The summed E-state index contributed by atoms with van der Waals surface area (Å²) < 4.78 is 0. The molecule has 0 saturated carbocycles. The quantitative estimate of drug-likeness (QED) is 0.198. The topological polar surface area (TPSA) is 191 Å². The molecule has 27 heavy (non-hydrogen) atoms. The third kappa shape index (κ3) is 8.80. The molecule has 0 aliphatic rings. The van der Waals surface area contributed by atoms with E-state index in [9.17, 15) is 24.3 Å². The van der Waals surface area contributed by atoms with Crippen molar-refractivity contribution in [2.45, 2.75) is 64.4 Å². The molecule has 0 aromatic heterocycles. The zero-order chi connectivity index (χ0) is 21.3. The van der Waals surface area contributed by atoms with Crippen molar-refractivity contribution in [2.24, 2.45) is 11.7 Å². The summed E-state index contributed by atoms with van der Waals surface area (Å²) in [5.74, 6) is -3.60. The number of hydrogen-bond acceptors (Lipinski definition) is 7. The van der Waals surface area contributed by atoms with Crippen LogP contribution in [0.1, 0.15) is 34.1 Å². The molecule has 5 unspecified atom stereocenters. The summed E-state index contributed by atoms with van der Waals surface area (Å²) in [4.78, 5) is 47.3.